The van der Waals surface area contributed by atoms with Gasteiger partial charge in [-0.25, -0.2) is 0 Å². The van der Waals surface area contributed by atoms with Crippen LogP contribution in [0.25, 0.3) is 0 Å². The molecule has 0 aliphatic heterocycles. The minimum absolute atomic E-state index is 0.00318. The normalized spacial score (nSPS) is 9.43. The van der Waals surface area contributed by atoms with E-state index in [0.717, 1.165) is 0 Å². The van der Waals surface area contributed by atoms with Crippen LogP contribution in [-0.4, -0.2) is 11.5 Å². The minimum atomic E-state index is -0.455. The quantitative estimate of drug-likeness (QED) is 0.312. The highest BCUT2D eigenvalue weighted by Crippen LogP contribution is 2.25. The first kappa shape index (κ1) is 10.2. The third kappa shape index (κ3) is 2.58. The van der Waals surface area contributed by atoms with Crippen molar-refractivity contribution in [1.82, 2.24) is 0 Å². The number of nitrogens with zero attached hydrogens (tertiary/aromatic N) is 1. The van der Waals surface area contributed by atoms with E-state index >= 15 is 0 Å². The Morgan fingerprint density at radius 1 is 1.50 bits per heavy atom. The van der Waals surface area contributed by atoms with E-state index in [0.29, 0.717) is 18.8 Å². The number of para-hydroxylation sites is 2. The molecule has 0 saturated heterocycles. The lowest BCUT2D eigenvalue weighted by Crippen LogP contribution is -1.99. The molecule has 0 fully saturated rings. The summed E-state index contributed by atoms with van der Waals surface area (Å²) < 4.78 is 5.23. The van der Waals surface area contributed by atoms with Gasteiger partial charge in [0.05, 0.1) is 11.5 Å². The zero-order valence-corrected chi connectivity index (χ0v) is 7.68. The van der Waals surface area contributed by atoms with Crippen LogP contribution in [0.2, 0.25) is 0 Å². The summed E-state index contributed by atoms with van der Waals surface area (Å²) in [4.78, 5) is 10.1. The highest BCUT2D eigenvalue weighted by molar-refractivity contribution is 5.45. The van der Waals surface area contributed by atoms with E-state index in [1.165, 1.54) is 6.07 Å². The van der Waals surface area contributed by atoms with Crippen LogP contribution >= 0.6 is 0 Å². The van der Waals surface area contributed by atoms with E-state index in [1.54, 1.807) is 24.3 Å². The maximum absolute atomic E-state index is 10.6. The Kier molecular flexibility index (Phi) is 3.67. The van der Waals surface area contributed by atoms with Crippen LogP contribution in [0.4, 0.5) is 5.69 Å². The topological polar surface area (TPSA) is 52.4 Å². The summed E-state index contributed by atoms with van der Waals surface area (Å²) in [5, 5.41) is 10.6. The number of ether oxygens (including phenoxy) is 1. The zero-order valence-electron chi connectivity index (χ0n) is 7.68. The first-order valence-electron chi connectivity index (χ1n) is 4.23. The largest absolute Gasteiger partial charge is 0.486 e. The Labute approximate surface area is 82.0 Å². The molecule has 1 aromatic rings. The summed E-state index contributed by atoms with van der Waals surface area (Å²) in [7, 11) is 0. The van der Waals surface area contributed by atoms with Crippen LogP contribution in [-0.2, 0) is 0 Å². The maximum atomic E-state index is 10.6. The van der Waals surface area contributed by atoms with Crippen molar-refractivity contribution in [3.8, 4) is 5.75 Å². The average Bonchev–Trinajstić information content (AvgIpc) is 2.19. The minimum Gasteiger partial charge on any atom is -0.486 e. The van der Waals surface area contributed by atoms with Crippen molar-refractivity contribution in [1.29, 1.82) is 0 Å². The van der Waals surface area contributed by atoms with Gasteiger partial charge in [0.2, 0.25) is 0 Å². The summed E-state index contributed by atoms with van der Waals surface area (Å²) in [6.07, 6.45) is 2.38. The van der Waals surface area contributed by atoms with E-state index in [9.17, 15) is 10.1 Å². The SMILES string of the molecule is C=CCCOc1ccccc1[N+](=O)[O-]. The van der Waals surface area contributed by atoms with E-state index in [-0.39, 0.29) is 5.69 Å². The molecule has 1 rings (SSSR count). The summed E-state index contributed by atoms with van der Waals surface area (Å²) in [5.74, 6) is 0.305. The second-order valence-electron chi connectivity index (χ2n) is 2.65. The Balaban J connectivity index is 2.74. The maximum Gasteiger partial charge on any atom is 0.310 e. The fourth-order valence-corrected chi connectivity index (χ4v) is 0.982. The molecule has 0 saturated carbocycles. The van der Waals surface area contributed by atoms with E-state index in [1.807, 2.05) is 0 Å². The van der Waals surface area contributed by atoms with Gasteiger partial charge in [-0.2, -0.15) is 0 Å². The summed E-state index contributed by atoms with van der Waals surface area (Å²) in [6, 6.07) is 6.32. The van der Waals surface area contributed by atoms with Crippen LogP contribution in [0, 0.1) is 10.1 Å². The fraction of sp³-hybridized carbons (Fsp3) is 0.200. The number of hydrogen-bond acceptors (Lipinski definition) is 3. The molecule has 1 aromatic carbocycles. The van der Waals surface area contributed by atoms with Gasteiger partial charge in [0.15, 0.2) is 5.75 Å². The standard InChI is InChI=1S/C10H11NO3/c1-2-3-8-14-10-7-5-4-6-9(10)11(12)13/h2,4-7H,1,3,8H2. The lowest BCUT2D eigenvalue weighted by molar-refractivity contribution is -0.385. The molecule has 0 aliphatic rings. The molecule has 0 atom stereocenters. The van der Waals surface area contributed by atoms with Crippen molar-refractivity contribution >= 4 is 5.69 Å². The van der Waals surface area contributed by atoms with Crippen molar-refractivity contribution in [2.24, 2.45) is 0 Å². The molecule has 4 heteroatoms. The predicted octanol–water partition coefficient (Wildman–Crippen LogP) is 2.55. The predicted molar refractivity (Wildman–Crippen MR) is 53.4 cm³/mol. The van der Waals surface area contributed by atoms with Crippen molar-refractivity contribution in [3.63, 3.8) is 0 Å². The van der Waals surface area contributed by atoms with E-state index in [2.05, 4.69) is 6.58 Å². The first-order valence-corrected chi connectivity index (χ1v) is 4.23. The van der Waals surface area contributed by atoms with E-state index < -0.39 is 4.92 Å². The number of nitro benzene ring substituents is 1. The number of nitro groups is 1. The van der Waals surface area contributed by atoms with Crippen molar-refractivity contribution in [2.75, 3.05) is 6.61 Å². The molecule has 0 amide bonds. The van der Waals surface area contributed by atoms with Crippen molar-refractivity contribution in [3.05, 3.63) is 47.0 Å². The van der Waals surface area contributed by atoms with Gasteiger partial charge >= 0.3 is 5.69 Å². The smallest absolute Gasteiger partial charge is 0.310 e. The molecule has 74 valence electrons. The molecule has 14 heavy (non-hydrogen) atoms. The van der Waals surface area contributed by atoms with Gasteiger partial charge in [0.25, 0.3) is 0 Å². The third-order valence-corrected chi connectivity index (χ3v) is 1.64. The zero-order chi connectivity index (χ0) is 10.4. The van der Waals surface area contributed by atoms with Gasteiger partial charge in [-0.3, -0.25) is 10.1 Å². The highest BCUT2D eigenvalue weighted by atomic mass is 16.6. The molecule has 0 bridgehead atoms. The molecule has 0 aliphatic carbocycles. The van der Waals surface area contributed by atoms with Crippen molar-refractivity contribution in [2.45, 2.75) is 6.42 Å². The van der Waals surface area contributed by atoms with Gasteiger partial charge in [0, 0.05) is 6.07 Å². The lowest BCUT2D eigenvalue weighted by atomic mass is 10.3. The number of hydrogen-bond donors (Lipinski definition) is 0. The Hall–Kier alpha value is -1.84. The van der Waals surface area contributed by atoms with Gasteiger partial charge in [-0.1, -0.05) is 18.2 Å². The van der Waals surface area contributed by atoms with Gasteiger partial charge < -0.3 is 4.74 Å². The monoisotopic (exact) mass is 193 g/mol. The third-order valence-electron chi connectivity index (χ3n) is 1.64. The van der Waals surface area contributed by atoms with Crippen LogP contribution in [0.15, 0.2) is 36.9 Å². The molecular formula is C10H11NO3. The fourth-order valence-electron chi connectivity index (χ4n) is 0.982. The molecule has 0 radical (unpaired) electrons. The molecule has 0 N–H and O–H groups in total. The second-order valence-corrected chi connectivity index (χ2v) is 2.65. The summed E-state index contributed by atoms with van der Waals surface area (Å²) >= 11 is 0. The number of rotatable bonds is 5. The Morgan fingerprint density at radius 2 is 2.21 bits per heavy atom. The highest BCUT2D eigenvalue weighted by Gasteiger charge is 2.12. The van der Waals surface area contributed by atoms with Gasteiger partial charge in [0.1, 0.15) is 0 Å². The van der Waals surface area contributed by atoms with Gasteiger partial charge in [-0.15, -0.1) is 6.58 Å². The molecular weight excluding hydrogens is 182 g/mol. The summed E-state index contributed by atoms with van der Waals surface area (Å²) in [6.45, 7) is 3.95. The number of benzene rings is 1. The molecule has 0 aromatic heterocycles. The van der Waals surface area contributed by atoms with Crippen LogP contribution in [0.5, 0.6) is 5.75 Å². The molecule has 0 heterocycles. The first-order chi connectivity index (χ1) is 6.75. The Morgan fingerprint density at radius 3 is 2.86 bits per heavy atom. The second kappa shape index (κ2) is 5.01. The average molecular weight is 193 g/mol. The molecule has 0 unspecified atom stereocenters. The molecule has 0 spiro atoms. The lowest BCUT2D eigenvalue weighted by Gasteiger charge is -2.04. The van der Waals surface area contributed by atoms with Crippen LogP contribution < -0.4 is 4.74 Å². The van der Waals surface area contributed by atoms with E-state index in [4.69, 9.17) is 4.74 Å². The Bertz CT molecular complexity index is 336. The molecule has 4 nitrogen and oxygen atoms in total. The van der Waals surface area contributed by atoms with Crippen LogP contribution in [0.3, 0.4) is 0 Å². The summed E-state index contributed by atoms with van der Waals surface area (Å²) in [5.41, 5.74) is -0.00318. The van der Waals surface area contributed by atoms with Gasteiger partial charge in [-0.05, 0) is 12.5 Å². The van der Waals surface area contributed by atoms with Crippen LogP contribution in [0.1, 0.15) is 6.42 Å². The van der Waals surface area contributed by atoms with Crippen molar-refractivity contribution < 1.29 is 9.66 Å².